The molecule has 14 heavy (non-hydrogen) atoms. The lowest BCUT2D eigenvalue weighted by Gasteiger charge is -2.16. The Morgan fingerprint density at radius 3 is 2.29 bits per heavy atom. The summed E-state index contributed by atoms with van der Waals surface area (Å²) >= 11 is 0. The van der Waals surface area contributed by atoms with Gasteiger partial charge in [0.05, 0.1) is 12.4 Å². The summed E-state index contributed by atoms with van der Waals surface area (Å²) in [4.78, 5) is 0. The van der Waals surface area contributed by atoms with Crippen molar-refractivity contribution in [1.29, 1.82) is 0 Å². The van der Waals surface area contributed by atoms with Crippen molar-refractivity contribution >= 4 is 10.1 Å². The van der Waals surface area contributed by atoms with Crippen LogP contribution >= 0.6 is 0 Å². The smallest absolute Gasteiger partial charge is 0.264 e. The molecule has 0 heterocycles. The van der Waals surface area contributed by atoms with E-state index in [-0.39, 0.29) is 6.10 Å². The van der Waals surface area contributed by atoms with E-state index in [2.05, 4.69) is 6.92 Å². The second kappa shape index (κ2) is 6.40. The van der Waals surface area contributed by atoms with Crippen LogP contribution in [0.15, 0.2) is 0 Å². The van der Waals surface area contributed by atoms with Crippen LogP contribution in [-0.2, 0) is 14.3 Å². The molecule has 0 spiro atoms. The van der Waals surface area contributed by atoms with Crippen LogP contribution in [0, 0.1) is 5.92 Å². The third-order valence-electron chi connectivity index (χ3n) is 2.41. The molecule has 2 atom stereocenters. The number of rotatable bonds is 3. The Hall–Kier alpha value is -0.0900. The van der Waals surface area contributed by atoms with E-state index in [9.17, 15) is 8.42 Å². The first-order valence-electron chi connectivity index (χ1n) is 5.41. The van der Waals surface area contributed by atoms with Gasteiger partial charge < -0.3 is 0 Å². The Balaban J connectivity index is 0.000000791. The number of hydrogen-bond donors (Lipinski definition) is 0. The minimum Gasteiger partial charge on any atom is -0.267 e. The molecule has 1 aliphatic carbocycles. The summed E-state index contributed by atoms with van der Waals surface area (Å²) in [7, 11) is -3.25. The average molecular weight is 222 g/mol. The lowest BCUT2D eigenvalue weighted by molar-refractivity contribution is 0.165. The highest BCUT2D eigenvalue weighted by Gasteiger charge is 2.29. The van der Waals surface area contributed by atoms with Crippen LogP contribution in [0.25, 0.3) is 0 Å². The summed E-state index contributed by atoms with van der Waals surface area (Å²) in [5, 5.41) is 0. The van der Waals surface area contributed by atoms with Crippen molar-refractivity contribution < 1.29 is 12.6 Å². The van der Waals surface area contributed by atoms with Crippen molar-refractivity contribution in [2.75, 3.05) is 6.26 Å². The topological polar surface area (TPSA) is 43.4 Å². The fourth-order valence-electron chi connectivity index (χ4n) is 1.82. The third kappa shape index (κ3) is 4.96. The molecule has 0 bridgehead atoms. The van der Waals surface area contributed by atoms with E-state index in [1.54, 1.807) is 0 Å². The van der Waals surface area contributed by atoms with Gasteiger partial charge in [0.1, 0.15) is 0 Å². The summed E-state index contributed by atoms with van der Waals surface area (Å²) in [5.74, 6) is 0.444. The van der Waals surface area contributed by atoms with E-state index < -0.39 is 10.1 Å². The molecule has 1 rings (SSSR count). The highest BCUT2D eigenvalue weighted by molar-refractivity contribution is 7.86. The molecule has 0 saturated heterocycles. The maximum atomic E-state index is 10.8. The predicted molar refractivity (Wildman–Crippen MR) is 58.7 cm³/mol. The Labute approximate surface area is 88.0 Å². The van der Waals surface area contributed by atoms with Gasteiger partial charge in [-0.15, -0.1) is 0 Å². The first kappa shape index (κ1) is 13.9. The van der Waals surface area contributed by atoms with Crippen molar-refractivity contribution in [2.24, 2.45) is 5.92 Å². The van der Waals surface area contributed by atoms with Crippen LogP contribution in [-0.4, -0.2) is 20.8 Å². The molecule has 4 heteroatoms. The van der Waals surface area contributed by atoms with Gasteiger partial charge in [-0.25, -0.2) is 0 Å². The highest BCUT2D eigenvalue weighted by atomic mass is 32.2. The van der Waals surface area contributed by atoms with Gasteiger partial charge in [0.2, 0.25) is 0 Å². The molecular weight excluding hydrogens is 200 g/mol. The van der Waals surface area contributed by atoms with Crippen molar-refractivity contribution in [3.63, 3.8) is 0 Å². The van der Waals surface area contributed by atoms with E-state index in [1.165, 1.54) is 0 Å². The molecule has 0 aromatic carbocycles. The van der Waals surface area contributed by atoms with Crippen LogP contribution in [0.1, 0.15) is 46.5 Å². The minimum absolute atomic E-state index is 0.0509. The van der Waals surface area contributed by atoms with E-state index in [4.69, 9.17) is 4.18 Å². The van der Waals surface area contributed by atoms with E-state index >= 15 is 0 Å². The maximum absolute atomic E-state index is 10.8. The second-order valence-electron chi connectivity index (χ2n) is 3.44. The summed E-state index contributed by atoms with van der Waals surface area (Å²) in [6.45, 7) is 6.08. The Morgan fingerprint density at radius 1 is 1.29 bits per heavy atom. The van der Waals surface area contributed by atoms with Crippen molar-refractivity contribution in [3.05, 3.63) is 0 Å². The van der Waals surface area contributed by atoms with E-state index in [0.717, 1.165) is 31.9 Å². The molecule has 0 amide bonds. The normalized spacial score (nSPS) is 26.9. The van der Waals surface area contributed by atoms with Gasteiger partial charge in [-0.3, -0.25) is 4.18 Å². The third-order valence-corrected chi connectivity index (χ3v) is 3.01. The van der Waals surface area contributed by atoms with E-state index in [0.29, 0.717) is 5.92 Å². The van der Waals surface area contributed by atoms with Gasteiger partial charge in [0.25, 0.3) is 10.1 Å². The molecule has 0 aliphatic heterocycles. The van der Waals surface area contributed by atoms with Crippen LogP contribution in [0.5, 0.6) is 0 Å². The van der Waals surface area contributed by atoms with Gasteiger partial charge in [-0.2, -0.15) is 8.42 Å². The van der Waals surface area contributed by atoms with E-state index in [1.807, 2.05) is 13.8 Å². The van der Waals surface area contributed by atoms with Crippen LogP contribution < -0.4 is 0 Å². The zero-order valence-electron chi connectivity index (χ0n) is 9.62. The minimum atomic E-state index is -3.25. The van der Waals surface area contributed by atoms with Crippen LogP contribution in [0.2, 0.25) is 0 Å². The fraction of sp³-hybridized carbons (Fsp3) is 1.00. The van der Waals surface area contributed by atoms with Crippen molar-refractivity contribution in [3.8, 4) is 0 Å². The maximum Gasteiger partial charge on any atom is 0.264 e. The lowest BCUT2D eigenvalue weighted by atomic mass is 10.0. The standard InChI is InChI=1S/C8H16O3S.C2H6/c1-3-7-5-4-6-8(7)11-12(2,9)10;1-2/h7-8H,3-6H2,1-2H3;1-2H3. The molecule has 2 unspecified atom stereocenters. The van der Waals surface area contributed by atoms with Gasteiger partial charge in [-0.05, 0) is 18.8 Å². The average Bonchev–Trinajstić information content (AvgIpc) is 2.52. The molecule has 1 saturated carbocycles. The van der Waals surface area contributed by atoms with Crippen molar-refractivity contribution in [2.45, 2.75) is 52.6 Å². The highest BCUT2D eigenvalue weighted by Crippen LogP contribution is 2.31. The predicted octanol–water partition coefficient (Wildman–Crippen LogP) is 2.57. The molecule has 1 aliphatic rings. The molecule has 86 valence electrons. The molecular formula is C10H22O3S. The number of hydrogen-bond acceptors (Lipinski definition) is 3. The van der Waals surface area contributed by atoms with Gasteiger partial charge in [0.15, 0.2) is 0 Å². The van der Waals surface area contributed by atoms with Gasteiger partial charge >= 0.3 is 0 Å². The SMILES string of the molecule is CC.CCC1CCCC1OS(C)(=O)=O. The molecule has 0 aromatic rings. The zero-order valence-corrected chi connectivity index (χ0v) is 10.4. The quantitative estimate of drug-likeness (QED) is 0.689. The van der Waals surface area contributed by atoms with Gasteiger partial charge in [-0.1, -0.05) is 33.6 Å². The Bertz CT molecular complexity index is 234. The lowest BCUT2D eigenvalue weighted by Crippen LogP contribution is -2.21. The second-order valence-corrected chi connectivity index (χ2v) is 5.04. The van der Waals surface area contributed by atoms with Crippen molar-refractivity contribution in [1.82, 2.24) is 0 Å². The van der Waals surface area contributed by atoms with Crippen LogP contribution in [0.3, 0.4) is 0 Å². The van der Waals surface area contributed by atoms with Gasteiger partial charge in [0, 0.05) is 0 Å². The fourth-order valence-corrected chi connectivity index (χ4v) is 2.52. The molecule has 1 fully saturated rings. The Morgan fingerprint density at radius 2 is 1.86 bits per heavy atom. The largest absolute Gasteiger partial charge is 0.267 e. The summed E-state index contributed by atoms with van der Waals surface area (Å²) in [6.07, 6.45) is 5.18. The molecule has 0 radical (unpaired) electrons. The zero-order chi connectivity index (χ0) is 11.2. The summed E-state index contributed by atoms with van der Waals surface area (Å²) in [6, 6.07) is 0. The Kier molecular flexibility index (Phi) is 6.36. The molecule has 0 aromatic heterocycles. The van der Waals surface area contributed by atoms with Crippen LogP contribution in [0.4, 0.5) is 0 Å². The summed E-state index contributed by atoms with van der Waals surface area (Å²) < 4.78 is 26.6. The molecule has 3 nitrogen and oxygen atoms in total. The summed E-state index contributed by atoms with van der Waals surface area (Å²) in [5.41, 5.74) is 0. The molecule has 0 N–H and O–H groups in total. The first-order chi connectivity index (χ1) is 6.53. The monoisotopic (exact) mass is 222 g/mol. The first-order valence-corrected chi connectivity index (χ1v) is 7.23.